The van der Waals surface area contributed by atoms with Gasteiger partial charge >= 0.3 is 29.6 Å². The van der Waals surface area contributed by atoms with Crippen LogP contribution < -0.4 is 0 Å². The second kappa shape index (κ2) is 6.74. The molecule has 3 atom stereocenters. The Bertz CT molecular complexity index is 583. The number of imidazole rings is 1. The molecule has 2 aromatic rings. The van der Waals surface area contributed by atoms with Crippen molar-refractivity contribution in [3.8, 4) is 5.88 Å². The molecule has 4 N–H and O–H groups in total. The number of aliphatic hydroxyl groups is 1. The van der Waals surface area contributed by atoms with Crippen LogP contribution in [0.1, 0.15) is 12.6 Å². The number of fused-ring (bicyclic) bond motifs is 1. The standard InChI is InChI=1S/C10H11FN4O3.Na.H2O.H/c11-6-1-5(2-16)18-10(6)15-4-14-7-8(15)12-3-13-9(7)17;;;/h3-6,10,16H,1-2H2,(H,12,13,17);;1H2;/t5-,6?,10+;;;/m0.../s1. The molecule has 3 heterocycles. The van der Waals surface area contributed by atoms with Gasteiger partial charge in [0.1, 0.15) is 12.5 Å². The van der Waals surface area contributed by atoms with E-state index in [0.29, 0.717) is 5.65 Å². The molecule has 0 saturated carbocycles. The van der Waals surface area contributed by atoms with Crippen molar-refractivity contribution >= 4 is 40.7 Å². The van der Waals surface area contributed by atoms with Gasteiger partial charge < -0.3 is 20.4 Å². The quantitative estimate of drug-likeness (QED) is 0.662. The zero-order valence-corrected chi connectivity index (χ0v) is 9.77. The van der Waals surface area contributed by atoms with E-state index in [1.165, 1.54) is 17.2 Å². The van der Waals surface area contributed by atoms with E-state index in [1.54, 1.807) is 0 Å². The van der Waals surface area contributed by atoms with Crippen LogP contribution in [0.4, 0.5) is 4.39 Å². The molecule has 0 amide bonds. The Balaban J connectivity index is 0.000001000. The fourth-order valence-electron chi connectivity index (χ4n) is 2.09. The molecule has 0 aromatic carbocycles. The molecular formula is C10H14FN4NaO4. The predicted octanol–water partition coefficient (Wildman–Crippen LogP) is -1.32. The van der Waals surface area contributed by atoms with E-state index in [-0.39, 0.29) is 59.5 Å². The zero-order valence-electron chi connectivity index (χ0n) is 9.77. The van der Waals surface area contributed by atoms with Crippen molar-refractivity contribution in [3.05, 3.63) is 12.7 Å². The van der Waals surface area contributed by atoms with Crippen molar-refractivity contribution in [2.75, 3.05) is 6.61 Å². The summed E-state index contributed by atoms with van der Waals surface area (Å²) < 4.78 is 20.6. The van der Waals surface area contributed by atoms with Crippen LogP contribution in [0.5, 0.6) is 5.88 Å². The summed E-state index contributed by atoms with van der Waals surface area (Å²) in [6.45, 7) is -0.232. The van der Waals surface area contributed by atoms with Crippen molar-refractivity contribution < 1.29 is 24.8 Å². The van der Waals surface area contributed by atoms with Crippen molar-refractivity contribution in [1.82, 2.24) is 19.5 Å². The van der Waals surface area contributed by atoms with E-state index in [9.17, 15) is 9.50 Å². The van der Waals surface area contributed by atoms with Crippen LogP contribution in [0.15, 0.2) is 12.7 Å². The number of hydrogen-bond donors (Lipinski definition) is 2. The van der Waals surface area contributed by atoms with Crippen LogP contribution in [0.25, 0.3) is 11.2 Å². The molecule has 106 valence electrons. The van der Waals surface area contributed by atoms with Gasteiger partial charge in [0.05, 0.1) is 19.0 Å². The molecule has 10 heteroatoms. The van der Waals surface area contributed by atoms with Crippen molar-refractivity contribution in [2.45, 2.75) is 24.9 Å². The molecule has 20 heavy (non-hydrogen) atoms. The monoisotopic (exact) mass is 296 g/mol. The Labute approximate surface area is 135 Å². The minimum atomic E-state index is -1.25. The maximum absolute atomic E-state index is 13.8. The second-order valence-electron chi connectivity index (χ2n) is 4.10. The Morgan fingerprint density at radius 3 is 2.80 bits per heavy atom. The number of aromatic hydroxyl groups is 1. The van der Waals surface area contributed by atoms with Gasteiger partial charge in [0.15, 0.2) is 17.4 Å². The number of alkyl halides is 1. The van der Waals surface area contributed by atoms with Gasteiger partial charge in [0.2, 0.25) is 5.88 Å². The molecule has 1 unspecified atom stereocenters. The van der Waals surface area contributed by atoms with Crippen LogP contribution in [-0.4, -0.2) is 83.6 Å². The van der Waals surface area contributed by atoms with Crippen LogP contribution in [0.2, 0.25) is 0 Å². The number of aromatic nitrogens is 4. The Morgan fingerprint density at radius 2 is 2.15 bits per heavy atom. The summed E-state index contributed by atoms with van der Waals surface area (Å²) in [7, 11) is 0. The van der Waals surface area contributed by atoms with Gasteiger partial charge in [-0.05, 0) is 0 Å². The Kier molecular flexibility index (Phi) is 5.80. The third kappa shape index (κ3) is 2.78. The second-order valence-corrected chi connectivity index (χ2v) is 4.10. The first kappa shape index (κ1) is 17.2. The van der Waals surface area contributed by atoms with Gasteiger partial charge in [-0.1, -0.05) is 0 Å². The summed E-state index contributed by atoms with van der Waals surface area (Å²) in [5.41, 5.74) is 0.495. The van der Waals surface area contributed by atoms with Crippen molar-refractivity contribution in [3.63, 3.8) is 0 Å². The molecule has 2 aromatic heterocycles. The first-order valence-corrected chi connectivity index (χ1v) is 5.47. The van der Waals surface area contributed by atoms with E-state index in [1.807, 2.05) is 0 Å². The van der Waals surface area contributed by atoms with Crippen LogP contribution >= 0.6 is 0 Å². The minimum absolute atomic E-state index is 0. The SMILES string of the molecule is O.OC[C@@H]1CC(F)[C@H](n2cnc3c(O)ncnc32)O1.[NaH]. The summed E-state index contributed by atoms with van der Waals surface area (Å²) in [6.07, 6.45) is -0.0359. The zero-order chi connectivity index (χ0) is 12.7. The summed E-state index contributed by atoms with van der Waals surface area (Å²) >= 11 is 0. The number of ether oxygens (including phenoxy) is 1. The van der Waals surface area contributed by atoms with Gasteiger partial charge in [-0.2, -0.15) is 4.98 Å². The number of aliphatic hydroxyl groups excluding tert-OH is 1. The predicted molar refractivity (Wildman–Crippen MR) is 68.3 cm³/mol. The topological polar surface area (TPSA) is 125 Å². The molecule has 1 aliphatic heterocycles. The van der Waals surface area contributed by atoms with E-state index < -0.39 is 18.5 Å². The molecule has 1 aliphatic rings. The normalized spacial score (nSPS) is 25.2. The molecule has 0 radical (unpaired) electrons. The Hall–Kier alpha value is -0.840. The van der Waals surface area contributed by atoms with Gasteiger partial charge in [0.25, 0.3) is 0 Å². The number of nitrogens with zero attached hydrogens (tertiary/aromatic N) is 4. The third-order valence-electron chi connectivity index (χ3n) is 2.95. The first-order chi connectivity index (χ1) is 8.70. The summed E-state index contributed by atoms with van der Waals surface area (Å²) in [5, 5.41) is 18.5. The average molecular weight is 296 g/mol. The van der Waals surface area contributed by atoms with E-state index in [0.717, 1.165) is 0 Å². The molecule has 3 rings (SSSR count). The molecular weight excluding hydrogens is 282 g/mol. The molecule has 1 saturated heterocycles. The first-order valence-electron chi connectivity index (χ1n) is 5.47. The van der Waals surface area contributed by atoms with Crippen molar-refractivity contribution in [2.24, 2.45) is 0 Å². The number of hydrogen-bond acceptors (Lipinski definition) is 6. The van der Waals surface area contributed by atoms with Crippen LogP contribution in [0, 0.1) is 0 Å². The fraction of sp³-hybridized carbons (Fsp3) is 0.500. The molecule has 1 fully saturated rings. The van der Waals surface area contributed by atoms with Crippen molar-refractivity contribution in [1.29, 1.82) is 0 Å². The van der Waals surface area contributed by atoms with E-state index >= 15 is 0 Å². The Morgan fingerprint density at radius 1 is 1.40 bits per heavy atom. The number of halogens is 1. The van der Waals surface area contributed by atoms with E-state index in [2.05, 4.69) is 15.0 Å². The number of rotatable bonds is 2. The third-order valence-corrected chi connectivity index (χ3v) is 2.95. The molecule has 0 bridgehead atoms. The van der Waals surface area contributed by atoms with Crippen LogP contribution in [0.3, 0.4) is 0 Å². The molecule has 0 aliphatic carbocycles. The van der Waals surface area contributed by atoms with Crippen LogP contribution in [-0.2, 0) is 4.74 Å². The van der Waals surface area contributed by atoms with Gasteiger partial charge in [0, 0.05) is 6.42 Å². The molecule has 8 nitrogen and oxygen atoms in total. The average Bonchev–Trinajstić information content (AvgIpc) is 2.93. The van der Waals surface area contributed by atoms with E-state index in [4.69, 9.17) is 9.84 Å². The maximum atomic E-state index is 13.8. The summed E-state index contributed by atoms with van der Waals surface area (Å²) in [5.74, 6) is -0.258. The fourth-order valence-corrected chi connectivity index (χ4v) is 2.09. The molecule has 0 spiro atoms. The van der Waals surface area contributed by atoms with Gasteiger partial charge in [-0.15, -0.1) is 0 Å². The van der Waals surface area contributed by atoms with Gasteiger partial charge in [-0.25, -0.2) is 14.4 Å². The summed E-state index contributed by atoms with van der Waals surface area (Å²) in [6, 6.07) is 0. The summed E-state index contributed by atoms with van der Waals surface area (Å²) in [4.78, 5) is 11.5. The van der Waals surface area contributed by atoms with Gasteiger partial charge in [-0.3, -0.25) is 4.57 Å².